The molecule has 1 heterocycles. The first kappa shape index (κ1) is 18.7. The van der Waals surface area contributed by atoms with Crippen molar-refractivity contribution in [1.29, 1.82) is 0 Å². The third-order valence-electron chi connectivity index (χ3n) is 4.43. The minimum absolute atomic E-state index is 0.280. The number of anilines is 1. The number of amides is 2. The number of halogens is 1. The molecule has 1 aliphatic carbocycles. The molecule has 2 N–H and O–H groups in total. The smallest absolute Gasteiger partial charge is 0.319 e. The van der Waals surface area contributed by atoms with Crippen molar-refractivity contribution >= 4 is 23.3 Å². The van der Waals surface area contributed by atoms with E-state index in [1.54, 1.807) is 18.3 Å². The zero-order chi connectivity index (χ0) is 18.2. The molecule has 5 nitrogen and oxygen atoms in total. The number of ether oxygens (including phenoxy) is 1. The molecule has 0 saturated heterocycles. The van der Waals surface area contributed by atoms with E-state index in [1.807, 2.05) is 24.3 Å². The van der Waals surface area contributed by atoms with E-state index in [0.717, 1.165) is 24.1 Å². The summed E-state index contributed by atoms with van der Waals surface area (Å²) in [5, 5.41) is 6.21. The number of aromatic nitrogens is 1. The summed E-state index contributed by atoms with van der Waals surface area (Å²) < 4.78 is 6.00. The molecule has 1 aromatic heterocycles. The van der Waals surface area contributed by atoms with Crippen molar-refractivity contribution in [2.75, 3.05) is 5.32 Å². The molecule has 0 atom stereocenters. The van der Waals surface area contributed by atoms with Crippen LogP contribution in [0.15, 0.2) is 42.6 Å². The maximum atomic E-state index is 12.1. The minimum atomic E-state index is -0.280. The van der Waals surface area contributed by atoms with Gasteiger partial charge in [0, 0.05) is 16.9 Å². The molecular formula is C20H24ClN3O2. The zero-order valence-electron chi connectivity index (χ0n) is 14.7. The van der Waals surface area contributed by atoms with Gasteiger partial charge in [0.15, 0.2) is 0 Å². The third kappa shape index (κ3) is 6.00. The lowest BCUT2D eigenvalue weighted by atomic mass is 9.98. The molecule has 2 amide bonds. The number of nitrogens with zero attached hydrogens (tertiary/aromatic N) is 1. The van der Waals surface area contributed by atoms with E-state index in [1.165, 1.54) is 19.3 Å². The molecule has 3 rings (SSSR count). The van der Waals surface area contributed by atoms with Crippen LogP contribution in [0.4, 0.5) is 10.5 Å². The van der Waals surface area contributed by atoms with Crippen LogP contribution in [0.5, 0.6) is 0 Å². The molecule has 138 valence electrons. The lowest BCUT2D eigenvalue weighted by Crippen LogP contribution is -2.28. The Morgan fingerprint density at radius 1 is 1.19 bits per heavy atom. The minimum Gasteiger partial charge on any atom is -0.374 e. The Bertz CT molecular complexity index is 733. The molecule has 2 aromatic rings. The molecule has 1 aliphatic rings. The largest absolute Gasteiger partial charge is 0.374 e. The molecule has 0 spiro atoms. The monoisotopic (exact) mass is 373 g/mol. The Morgan fingerprint density at radius 2 is 2.04 bits per heavy atom. The van der Waals surface area contributed by atoms with E-state index in [0.29, 0.717) is 30.0 Å². The Morgan fingerprint density at radius 3 is 2.85 bits per heavy atom. The topological polar surface area (TPSA) is 63.2 Å². The van der Waals surface area contributed by atoms with Gasteiger partial charge in [-0.15, -0.1) is 0 Å². The molecule has 26 heavy (non-hydrogen) atoms. The van der Waals surface area contributed by atoms with E-state index in [4.69, 9.17) is 16.3 Å². The second-order valence-corrected chi connectivity index (χ2v) is 6.98. The first-order valence-electron chi connectivity index (χ1n) is 9.05. The van der Waals surface area contributed by atoms with Crippen molar-refractivity contribution < 1.29 is 9.53 Å². The van der Waals surface area contributed by atoms with Crippen LogP contribution in [0.25, 0.3) is 0 Å². The number of urea groups is 1. The molecule has 1 fully saturated rings. The summed E-state index contributed by atoms with van der Waals surface area (Å²) in [6.45, 7) is 0.894. The highest BCUT2D eigenvalue weighted by Gasteiger charge is 2.13. The molecule has 6 heteroatoms. The SMILES string of the molecule is O=C(NCc1cc(Cl)ccn1)Nc1cccc(COC2CCCCC2)c1. The van der Waals surface area contributed by atoms with Gasteiger partial charge in [0.2, 0.25) is 0 Å². The summed E-state index contributed by atoms with van der Waals surface area (Å²) in [5.41, 5.74) is 2.51. The van der Waals surface area contributed by atoms with E-state index >= 15 is 0 Å². The maximum absolute atomic E-state index is 12.1. The predicted molar refractivity (Wildman–Crippen MR) is 103 cm³/mol. The van der Waals surface area contributed by atoms with E-state index < -0.39 is 0 Å². The van der Waals surface area contributed by atoms with E-state index in [9.17, 15) is 4.79 Å². The molecule has 0 aliphatic heterocycles. The average molecular weight is 374 g/mol. The van der Waals surface area contributed by atoms with Crippen LogP contribution < -0.4 is 10.6 Å². The number of rotatable bonds is 6. The number of nitrogens with one attached hydrogen (secondary N) is 2. The lowest BCUT2D eigenvalue weighted by molar-refractivity contribution is 0.0169. The van der Waals surface area contributed by atoms with Gasteiger partial charge in [-0.05, 0) is 42.7 Å². The number of hydrogen-bond acceptors (Lipinski definition) is 3. The number of carbonyl (C=O) groups excluding carboxylic acids is 1. The van der Waals surface area contributed by atoms with Crippen LogP contribution in [-0.2, 0) is 17.9 Å². The van der Waals surface area contributed by atoms with Crippen molar-refractivity contribution in [3.8, 4) is 0 Å². The first-order chi connectivity index (χ1) is 12.7. The molecule has 0 unspecified atom stereocenters. The van der Waals surface area contributed by atoms with Crippen molar-refractivity contribution in [2.45, 2.75) is 51.4 Å². The fraction of sp³-hybridized carbons (Fsp3) is 0.400. The number of carbonyl (C=O) groups is 1. The Kier molecular flexibility index (Phi) is 6.86. The van der Waals surface area contributed by atoms with Crippen LogP contribution >= 0.6 is 11.6 Å². The zero-order valence-corrected chi connectivity index (χ0v) is 15.5. The third-order valence-corrected chi connectivity index (χ3v) is 4.67. The summed E-state index contributed by atoms with van der Waals surface area (Å²) >= 11 is 5.91. The molecule has 0 bridgehead atoms. The van der Waals surface area contributed by atoms with Gasteiger partial charge in [-0.3, -0.25) is 4.98 Å². The quantitative estimate of drug-likeness (QED) is 0.756. The predicted octanol–water partition coefficient (Wildman–Crippen LogP) is 4.91. The van der Waals surface area contributed by atoms with Crippen molar-refractivity contribution in [3.63, 3.8) is 0 Å². The Labute approximate surface area is 159 Å². The molecule has 0 radical (unpaired) electrons. The second-order valence-electron chi connectivity index (χ2n) is 6.54. The van der Waals surface area contributed by atoms with Gasteiger partial charge >= 0.3 is 6.03 Å². The van der Waals surface area contributed by atoms with Gasteiger partial charge in [-0.1, -0.05) is 43.0 Å². The Balaban J connectivity index is 1.47. The van der Waals surface area contributed by atoms with Crippen molar-refractivity contribution in [3.05, 3.63) is 58.9 Å². The van der Waals surface area contributed by atoms with Gasteiger partial charge in [0.05, 0.1) is 24.9 Å². The van der Waals surface area contributed by atoms with Crippen LogP contribution in [0, 0.1) is 0 Å². The van der Waals surface area contributed by atoms with Gasteiger partial charge in [0.1, 0.15) is 0 Å². The first-order valence-corrected chi connectivity index (χ1v) is 9.43. The van der Waals surface area contributed by atoms with E-state index in [-0.39, 0.29) is 6.03 Å². The van der Waals surface area contributed by atoms with Crippen LogP contribution in [0.1, 0.15) is 43.4 Å². The van der Waals surface area contributed by atoms with Crippen molar-refractivity contribution in [1.82, 2.24) is 10.3 Å². The average Bonchev–Trinajstić information content (AvgIpc) is 2.66. The summed E-state index contributed by atoms with van der Waals surface area (Å²) in [5.74, 6) is 0. The fourth-order valence-electron chi connectivity index (χ4n) is 3.08. The fourth-order valence-corrected chi connectivity index (χ4v) is 3.26. The summed E-state index contributed by atoms with van der Waals surface area (Å²) in [6.07, 6.45) is 8.12. The van der Waals surface area contributed by atoms with Crippen molar-refractivity contribution in [2.24, 2.45) is 0 Å². The highest BCUT2D eigenvalue weighted by molar-refractivity contribution is 6.30. The number of pyridine rings is 1. The number of hydrogen-bond donors (Lipinski definition) is 2. The molecular weight excluding hydrogens is 350 g/mol. The van der Waals surface area contributed by atoms with Crippen LogP contribution in [-0.4, -0.2) is 17.1 Å². The van der Waals surface area contributed by atoms with Crippen LogP contribution in [0.3, 0.4) is 0 Å². The highest BCUT2D eigenvalue weighted by Crippen LogP contribution is 2.22. The van der Waals surface area contributed by atoms with Gasteiger partial charge in [-0.25, -0.2) is 4.79 Å². The van der Waals surface area contributed by atoms with Gasteiger partial charge < -0.3 is 15.4 Å². The summed E-state index contributed by atoms with van der Waals surface area (Å²) in [4.78, 5) is 16.2. The highest BCUT2D eigenvalue weighted by atomic mass is 35.5. The Hall–Kier alpha value is -2.11. The second kappa shape index (κ2) is 9.55. The number of benzene rings is 1. The molecule has 1 aromatic carbocycles. The summed E-state index contributed by atoms with van der Waals surface area (Å²) in [7, 11) is 0. The van der Waals surface area contributed by atoms with E-state index in [2.05, 4.69) is 15.6 Å². The van der Waals surface area contributed by atoms with Gasteiger partial charge in [0.25, 0.3) is 0 Å². The van der Waals surface area contributed by atoms with Gasteiger partial charge in [-0.2, -0.15) is 0 Å². The molecule has 1 saturated carbocycles. The normalized spacial score (nSPS) is 14.8. The lowest BCUT2D eigenvalue weighted by Gasteiger charge is -2.22. The standard InChI is InChI=1S/C20H24ClN3O2/c21-16-9-10-22-18(12-16)13-23-20(25)24-17-6-4-5-15(11-17)14-26-19-7-2-1-3-8-19/h4-6,9-12,19H,1-3,7-8,13-14H2,(H2,23,24,25). The van der Waals surface area contributed by atoms with Crippen LogP contribution in [0.2, 0.25) is 5.02 Å². The maximum Gasteiger partial charge on any atom is 0.319 e. The summed E-state index contributed by atoms with van der Waals surface area (Å²) in [6, 6.07) is 10.9.